The minimum absolute atomic E-state index is 0.0361. The number of nitrogens with one attached hydrogen (secondary N) is 1. The Bertz CT molecular complexity index is 1440. The van der Waals surface area contributed by atoms with Gasteiger partial charge in [0.2, 0.25) is 5.95 Å². The number of anilines is 1. The Balaban J connectivity index is 1.53. The van der Waals surface area contributed by atoms with Gasteiger partial charge in [-0.25, -0.2) is 9.37 Å². The molecule has 36 heavy (non-hydrogen) atoms. The Labute approximate surface area is 206 Å². The van der Waals surface area contributed by atoms with E-state index < -0.39 is 23.5 Å². The molecule has 1 amide bonds. The number of H-pyrrole nitrogens is 1. The lowest BCUT2D eigenvalue weighted by Crippen LogP contribution is -2.30. The molecule has 0 bridgehead atoms. The summed E-state index contributed by atoms with van der Waals surface area (Å²) < 4.78 is 25.0. The second-order valence-corrected chi connectivity index (χ2v) is 8.49. The normalized spacial score (nSPS) is 17.3. The first-order valence-electron chi connectivity index (χ1n) is 11.7. The van der Waals surface area contributed by atoms with E-state index in [1.165, 1.54) is 24.5 Å². The van der Waals surface area contributed by atoms with Crippen LogP contribution in [0.5, 0.6) is 5.75 Å². The highest BCUT2D eigenvalue weighted by Crippen LogP contribution is 2.42. The van der Waals surface area contributed by atoms with Crippen LogP contribution < -0.4 is 9.64 Å². The van der Waals surface area contributed by atoms with Gasteiger partial charge in [0.1, 0.15) is 29.1 Å². The van der Waals surface area contributed by atoms with Crippen molar-refractivity contribution in [3.05, 3.63) is 83.6 Å². The van der Waals surface area contributed by atoms with Crippen LogP contribution in [-0.2, 0) is 9.59 Å². The number of aromatic amines is 1. The Kier molecular flexibility index (Phi) is 6.28. The molecule has 2 aromatic heterocycles. The molecule has 1 aliphatic heterocycles. The second kappa shape index (κ2) is 9.69. The number of fused-ring (bicyclic) bond motifs is 1. The number of aliphatic hydroxyl groups excluding tert-OH is 1. The van der Waals surface area contributed by atoms with Gasteiger partial charge >= 0.3 is 5.91 Å². The molecule has 2 aromatic carbocycles. The van der Waals surface area contributed by atoms with Crippen molar-refractivity contribution < 1.29 is 28.2 Å². The first kappa shape index (κ1) is 23.3. The number of amides is 1. The molecule has 1 fully saturated rings. The van der Waals surface area contributed by atoms with Crippen LogP contribution in [0.25, 0.3) is 16.8 Å². The molecule has 2 N–H and O–H groups in total. The van der Waals surface area contributed by atoms with Gasteiger partial charge in [-0.2, -0.15) is 0 Å². The van der Waals surface area contributed by atoms with Gasteiger partial charge in [0.15, 0.2) is 0 Å². The number of nitrogens with zero attached hydrogens (tertiary/aromatic N) is 2. The molecule has 1 atom stereocenters. The Morgan fingerprint density at radius 3 is 2.69 bits per heavy atom. The molecule has 9 heteroatoms. The van der Waals surface area contributed by atoms with Crippen LogP contribution in [0.1, 0.15) is 43.6 Å². The van der Waals surface area contributed by atoms with Crippen LogP contribution in [0.3, 0.4) is 0 Å². The van der Waals surface area contributed by atoms with Crippen molar-refractivity contribution in [2.24, 2.45) is 0 Å². The topological polar surface area (TPSA) is 109 Å². The number of benzene rings is 2. The lowest BCUT2D eigenvalue weighted by Gasteiger charge is -2.20. The predicted molar refractivity (Wildman–Crippen MR) is 131 cm³/mol. The third-order valence-corrected chi connectivity index (χ3v) is 6.06. The molecule has 0 aliphatic carbocycles. The zero-order valence-electron chi connectivity index (χ0n) is 19.5. The van der Waals surface area contributed by atoms with Gasteiger partial charge in [0, 0.05) is 5.56 Å². The number of halogens is 1. The van der Waals surface area contributed by atoms with Crippen LogP contribution in [0.2, 0.25) is 0 Å². The molecule has 3 heterocycles. The number of ketones is 1. The lowest BCUT2D eigenvalue weighted by atomic mass is 9.99. The van der Waals surface area contributed by atoms with Crippen LogP contribution in [-0.4, -0.2) is 33.4 Å². The smallest absolute Gasteiger partial charge is 0.302 e. The van der Waals surface area contributed by atoms with E-state index in [0.29, 0.717) is 29.0 Å². The van der Waals surface area contributed by atoms with E-state index in [9.17, 15) is 19.1 Å². The molecule has 1 unspecified atom stereocenters. The van der Waals surface area contributed by atoms with Crippen LogP contribution in [0.15, 0.2) is 70.9 Å². The average Bonchev–Trinajstić information content (AvgIpc) is 3.60. The highest BCUT2D eigenvalue weighted by molar-refractivity contribution is 6.51. The number of carbonyl (C=O) groups is 2. The number of ether oxygens (including phenoxy) is 1. The molecule has 1 aliphatic rings. The molecule has 4 aromatic rings. The third kappa shape index (κ3) is 4.24. The highest BCUT2D eigenvalue weighted by atomic mass is 19.1. The summed E-state index contributed by atoms with van der Waals surface area (Å²) in [4.78, 5) is 34.7. The first-order chi connectivity index (χ1) is 17.5. The molecule has 0 spiro atoms. The van der Waals surface area contributed by atoms with E-state index in [-0.39, 0.29) is 23.0 Å². The average molecular weight is 490 g/mol. The number of aliphatic hydroxyl groups is 1. The summed E-state index contributed by atoms with van der Waals surface area (Å²) in [5.74, 6) is -1.67. The minimum atomic E-state index is -1.07. The van der Waals surface area contributed by atoms with Crippen molar-refractivity contribution in [1.29, 1.82) is 0 Å². The van der Waals surface area contributed by atoms with Crippen molar-refractivity contribution in [2.45, 2.75) is 32.2 Å². The zero-order chi connectivity index (χ0) is 25.2. The van der Waals surface area contributed by atoms with E-state index in [1.54, 1.807) is 36.4 Å². The fraction of sp³-hybridized carbons (Fsp3) is 0.222. The summed E-state index contributed by atoms with van der Waals surface area (Å²) in [7, 11) is 0. The number of rotatable bonds is 8. The number of imidazole rings is 1. The number of furan rings is 1. The Morgan fingerprint density at radius 1 is 1.17 bits per heavy atom. The predicted octanol–water partition coefficient (Wildman–Crippen LogP) is 5.49. The first-order valence-corrected chi connectivity index (χ1v) is 11.7. The molecule has 1 saturated heterocycles. The zero-order valence-corrected chi connectivity index (χ0v) is 19.5. The van der Waals surface area contributed by atoms with Gasteiger partial charge in [-0.05, 0) is 61.0 Å². The lowest BCUT2D eigenvalue weighted by molar-refractivity contribution is -0.132. The van der Waals surface area contributed by atoms with E-state index in [1.807, 2.05) is 0 Å². The monoisotopic (exact) mass is 489 g/mol. The summed E-state index contributed by atoms with van der Waals surface area (Å²) >= 11 is 0. The number of hydrogen-bond donors (Lipinski definition) is 2. The second-order valence-electron chi connectivity index (χ2n) is 8.49. The fourth-order valence-electron chi connectivity index (χ4n) is 4.26. The maximum Gasteiger partial charge on any atom is 0.302 e. The quantitative estimate of drug-likeness (QED) is 0.147. The third-order valence-electron chi connectivity index (χ3n) is 6.06. The Hall–Kier alpha value is -4.40. The SMILES string of the molecule is CCCCCOc1ccc(/C(O)=C2\C(=O)C(=O)N(c3nc4ccc(F)cc4[nH]3)C2c2ccco2)cc1. The summed E-state index contributed by atoms with van der Waals surface area (Å²) in [5.41, 5.74) is 0.982. The van der Waals surface area contributed by atoms with Crippen molar-refractivity contribution in [3.8, 4) is 5.75 Å². The highest BCUT2D eigenvalue weighted by Gasteiger charge is 2.49. The van der Waals surface area contributed by atoms with E-state index in [4.69, 9.17) is 9.15 Å². The number of carbonyl (C=O) groups excluding carboxylic acids is 2. The minimum Gasteiger partial charge on any atom is -0.507 e. The number of unbranched alkanes of at least 4 members (excludes halogenated alkanes) is 2. The van der Waals surface area contributed by atoms with Crippen molar-refractivity contribution in [1.82, 2.24) is 9.97 Å². The molecule has 0 radical (unpaired) electrons. The molecular formula is C27H24FN3O5. The molecule has 184 valence electrons. The summed E-state index contributed by atoms with van der Waals surface area (Å²) in [6.07, 6.45) is 4.52. The molecule has 8 nitrogen and oxygen atoms in total. The van der Waals surface area contributed by atoms with Gasteiger partial charge in [0.25, 0.3) is 5.78 Å². The van der Waals surface area contributed by atoms with Crippen molar-refractivity contribution in [3.63, 3.8) is 0 Å². The van der Waals surface area contributed by atoms with E-state index >= 15 is 0 Å². The van der Waals surface area contributed by atoms with Crippen LogP contribution >= 0.6 is 0 Å². The number of hydrogen-bond acceptors (Lipinski definition) is 6. The maximum atomic E-state index is 13.7. The maximum absolute atomic E-state index is 13.7. The standard InChI is InChI=1S/C27H24FN3O5/c1-2-3-4-13-35-18-10-7-16(8-11-18)24(32)22-23(21-6-5-14-36-21)31(26(34)25(22)33)27-29-19-12-9-17(28)15-20(19)30-27/h5-12,14-15,23,32H,2-4,13H2,1H3,(H,29,30)/b24-22+. The summed E-state index contributed by atoms with van der Waals surface area (Å²) in [6.45, 7) is 2.70. The molecule has 5 rings (SSSR count). The van der Waals surface area contributed by atoms with Crippen molar-refractivity contribution in [2.75, 3.05) is 11.5 Å². The summed E-state index contributed by atoms with van der Waals surface area (Å²) in [6, 6.07) is 12.8. The van der Waals surface area contributed by atoms with Crippen LogP contribution in [0, 0.1) is 5.82 Å². The van der Waals surface area contributed by atoms with Gasteiger partial charge < -0.3 is 19.2 Å². The van der Waals surface area contributed by atoms with E-state index in [0.717, 1.165) is 24.2 Å². The van der Waals surface area contributed by atoms with Gasteiger partial charge in [-0.1, -0.05) is 19.8 Å². The molecule has 0 saturated carbocycles. The number of aromatic nitrogens is 2. The largest absolute Gasteiger partial charge is 0.507 e. The van der Waals surface area contributed by atoms with E-state index in [2.05, 4.69) is 16.9 Å². The fourth-order valence-corrected chi connectivity index (χ4v) is 4.26. The Morgan fingerprint density at radius 2 is 1.97 bits per heavy atom. The van der Waals surface area contributed by atoms with Gasteiger partial charge in [-0.15, -0.1) is 0 Å². The van der Waals surface area contributed by atoms with Gasteiger partial charge in [0.05, 0.1) is 29.5 Å². The van der Waals surface area contributed by atoms with Gasteiger partial charge in [-0.3, -0.25) is 14.5 Å². The summed E-state index contributed by atoms with van der Waals surface area (Å²) in [5, 5.41) is 11.2. The number of Topliss-reactive ketones (excluding diaryl/α,β-unsaturated/α-hetero) is 1. The van der Waals surface area contributed by atoms with Crippen LogP contribution in [0.4, 0.5) is 10.3 Å². The van der Waals surface area contributed by atoms with Crippen molar-refractivity contribution >= 4 is 34.4 Å². The molecular weight excluding hydrogens is 465 g/mol.